The summed E-state index contributed by atoms with van der Waals surface area (Å²) >= 11 is 0. The monoisotopic (exact) mass is 417 g/mol. The van der Waals surface area contributed by atoms with E-state index in [1.54, 1.807) is 0 Å². The van der Waals surface area contributed by atoms with E-state index in [1.807, 2.05) is 36.4 Å². The van der Waals surface area contributed by atoms with Gasteiger partial charge < -0.3 is 13.9 Å². The molecular weight excluding hydrogens is 386 g/mol. The van der Waals surface area contributed by atoms with Gasteiger partial charge in [0.1, 0.15) is 17.8 Å². The second-order valence-corrected chi connectivity index (χ2v) is 8.66. The van der Waals surface area contributed by atoms with Gasteiger partial charge in [-0.2, -0.15) is 0 Å². The number of fused-ring (bicyclic) bond motifs is 1. The maximum Gasteiger partial charge on any atom is 0.226 e. The number of aryl methyl sites for hydroxylation is 1. The number of nitrogens with zero attached hydrogens (tertiary/aromatic N) is 1. The van der Waals surface area contributed by atoms with Crippen molar-refractivity contribution in [2.24, 2.45) is 5.92 Å². The van der Waals surface area contributed by atoms with Crippen molar-refractivity contribution in [1.82, 2.24) is 4.98 Å². The molecule has 0 radical (unpaired) electrons. The number of aromatic nitrogens is 1. The number of hydrogen-bond donors (Lipinski definition) is 0. The minimum absolute atomic E-state index is 0.119. The molecule has 0 spiro atoms. The molecule has 0 saturated heterocycles. The summed E-state index contributed by atoms with van der Waals surface area (Å²) in [6.45, 7) is 6.89. The van der Waals surface area contributed by atoms with E-state index >= 15 is 0 Å². The Hall–Kier alpha value is -2.88. The van der Waals surface area contributed by atoms with Crippen molar-refractivity contribution in [2.75, 3.05) is 6.61 Å². The lowest BCUT2D eigenvalue weighted by molar-refractivity contribution is -0.111. The lowest BCUT2D eigenvalue weighted by Crippen LogP contribution is -2.11. The van der Waals surface area contributed by atoms with Gasteiger partial charge in [-0.3, -0.25) is 0 Å². The van der Waals surface area contributed by atoms with Crippen LogP contribution in [-0.4, -0.2) is 17.9 Å². The normalized spacial score (nSPS) is 16.3. The zero-order valence-electron chi connectivity index (χ0n) is 18.6. The Morgan fingerprint density at radius 1 is 1.19 bits per heavy atom. The first-order valence-electron chi connectivity index (χ1n) is 11.4. The van der Waals surface area contributed by atoms with E-state index in [1.165, 1.54) is 11.1 Å². The van der Waals surface area contributed by atoms with Crippen molar-refractivity contribution in [2.45, 2.75) is 58.3 Å². The van der Waals surface area contributed by atoms with E-state index in [0.717, 1.165) is 48.3 Å². The minimum Gasteiger partial charge on any atom is -0.493 e. The topological polar surface area (TPSA) is 52.3 Å². The van der Waals surface area contributed by atoms with E-state index in [9.17, 15) is 4.79 Å². The molecule has 4 rings (SSSR count). The van der Waals surface area contributed by atoms with Crippen molar-refractivity contribution in [1.29, 1.82) is 0 Å². The SMILES string of the molecule is CCC(C=O)C1CCc2cc(OCCc3nc(-c4ccccc4)oc3C(C)C)ccc21. The van der Waals surface area contributed by atoms with Crippen LogP contribution in [0.1, 0.15) is 68.0 Å². The van der Waals surface area contributed by atoms with Crippen LogP contribution in [0.4, 0.5) is 0 Å². The standard InChI is InChI=1S/C27H31NO3/c1-4-19(17-29)23-12-10-21-16-22(11-13-24(21)23)30-15-14-25-26(18(2)3)31-27(28-25)20-8-6-5-7-9-20/h5-9,11,13,16-19,23H,4,10,12,14-15H2,1-3H3. The fourth-order valence-corrected chi connectivity index (χ4v) is 4.60. The van der Waals surface area contributed by atoms with E-state index < -0.39 is 0 Å². The molecule has 3 aromatic rings. The maximum absolute atomic E-state index is 11.4. The molecular formula is C27H31NO3. The zero-order chi connectivity index (χ0) is 21.8. The van der Waals surface area contributed by atoms with Crippen molar-refractivity contribution in [3.05, 3.63) is 71.1 Å². The summed E-state index contributed by atoms with van der Waals surface area (Å²) in [5.74, 6) is 3.22. The van der Waals surface area contributed by atoms with Gasteiger partial charge >= 0.3 is 0 Å². The fourth-order valence-electron chi connectivity index (χ4n) is 4.60. The van der Waals surface area contributed by atoms with E-state index in [2.05, 4.69) is 32.9 Å². The molecule has 4 heteroatoms. The highest BCUT2D eigenvalue weighted by molar-refractivity contribution is 5.57. The van der Waals surface area contributed by atoms with Crippen LogP contribution in [0, 0.1) is 5.92 Å². The molecule has 162 valence electrons. The van der Waals surface area contributed by atoms with Gasteiger partial charge in [0.25, 0.3) is 0 Å². The number of rotatable bonds is 9. The fraction of sp³-hybridized carbons (Fsp3) is 0.407. The lowest BCUT2D eigenvalue weighted by Gasteiger charge is -2.17. The number of carbonyl (C=O) groups excluding carboxylic acids is 1. The van der Waals surface area contributed by atoms with Crippen LogP contribution in [0.5, 0.6) is 5.75 Å². The first kappa shape index (κ1) is 21.4. The molecule has 0 N–H and O–H groups in total. The van der Waals surface area contributed by atoms with Gasteiger partial charge in [-0.05, 0) is 60.6 Å². The van der Waals surface area contributed by atoms with E-state index in [0.29, 0.717) is 24.8 Å². The molecule has 2 unspecified atom stereocenters. The molecule has 0 fully saturated rings. The van der Waals surface area contributed by atoms with Crippen LogP contribution in [0.3, 0.4) is 0 Å². The van der Waals surface area contributed by atoms with Gasteiger partial charge in [-0.25, -0.2) is 4.98 Å². The summed E-state index contributed by atoms with van der Waals surface area (Å²) < 4.78 is 12.2. The molecule has 0 bridgehead atoms. The Labute approximate surface area is 184 Å². The van der Waals surface area contributed by atoms with Crippen LogP contribution in [0.25, 0.3) is 11.5 Å². The quantitative estimate of drug-likeness (QED) is 0.381. The minimum atomic E-state index is 0.119. The third kappa shape index (κ3) is 4.58. The van der Waals surface area contributed by atoms with Gasteiger partial charge in [0.15, 0.2) is 0 Å². The second-order valence-electron chi connectivity index (χ2n) is 8.66. The lowest BCUT2D eigenvalue weighted by atomic mass is 9.86. The zero-order valence-corrected chi connectivity index (χ0v) is 18.6. The van der Waals surface area contributed by atoms with Crippen LogP contribution in [0.15, 0.2) is 52.9 Å². The van der Waals surface area contributed by atoms with Gasteiger partial charge in [0, 0.05) is 23.8 Å². The largest absolute Gasteiger partial charge is 0.493 e. The van der Waals surface area contributed by atoms with Crippen molar-refractivity contribution in [3.63, 3.8) is 0 Å². The number of hydrogen-bond acceptors (Lipinski definition) is 4. The summed E-state index contributed by atoms with van der Waals surface area (Å²) in [5.41, 5.74) is 4.59. The summed E-state index contributed by atoms with van der Waals surface area (Å²) in [6, 6.07) is 16.3. The number of aldehydes is 1. The number of benzene rings is 2. The Balaban J connectivity index is 1.43. The van der Waals surface area contributed by atoms with Gasteiger partial charge in [-0.1, -0.05) is 45.0 Å². The average Bonchev–Trinajstić information content (AvgIpc) is 3.40. The molecule has 1 aromatic heterocycles. The maximum atomic E-state index is 11.4. The van der Waals surface area contributed by atoms with Crippen LogP contribution in [0.2, 0.25) is 0 Å². The number of ether oxygens (including phenoxy) is 1. The molecule has 1 aliphatic carbocycles. The Bertz CT molecular complexity index is 1020. The van der Waals surface area contributed by atoms with Crippen molar-refractivity contribution < 1.29 is 13.9 Å². The van der Waals surface area contributed by atoms with E-state index in [4.69, 9.17) is 14.1 Å². The smallest absolute Gasteiger partial charge is 0.226 e. The highest BCUT2D eigenvalue weighted by atomic mass is 16.5. The average molecular weight is 418 g/mol. The molecule has 31 heavy (non-hydrogen) atoms. The number of oxazole rings is 1. The third-order valence-electron chi connectivity index (χ3n) is 6.28. The Morgan fingerprint density at radius 2 is 2.00 bits per heavy atom. The first-order chi connectivity index (χ1) is 15.1. The van der Waals surface area contributed by atoms with Gasteiger partial charge in [-0.15, -0.1) is 0 Å². The van der Waals surface area contributed by atoms with Crippen molar-refractivity contribution in [3.8, 4) is 17.2 Å². The summed E-state index contributed by atoms with van der Waals surface area (Å²) in [7, 11) is 0. The predicted molar refractivity (Wildman–Crippen MR) is 123 cm³/mol. The second kappa shape index (κ2) is 9.51. The molecule has 4 nitrogen and oxygen atoms in total. The first-order valence-corrected chi connectivity index (χ1v) is 11.4. The molecule has 0 saturated carbocycles. The summed E-state index contributed by atoms with van der Waals surface area (Å²) in [6.07, 6.45) is 4.79. The van der Waals surface area contributed by atoms with Gasteiger partial charge in [0.05, 0.1) is 12.3 Å². The van der Waals surface area contributed by atoms with E-state index in [-0.39, 0.29) is 11.8 Å². The van der Waals surface area contributed by atoms with Gasteiger partial charge in [0.2, 0.25) is 5.89 Å². The highest BCUT2D eigenvalue weighted by Crippen LogP contribution is 2.40. The van der Waals surface area contributed by atoms with Crippen LogP contribution < -0.4 is 4.74 Å². The summed E-state index contributed by atoms with van der Waals surface area (Å²) in [5, 5.41) is 0. The molecule has 0 aliphatic heterocycles. The molecule has 1 aliphatic rings. The summed E-state index contributed by atoms with van der Waals surface area (Å²) in [4.78, 5) is 16.2. The predicted octanol–water partition coefficient (Wildman–Crippen LogP) is 6.34. The van der Waals surface area contributed by atoms with Crippen molar-refractivity contribution >= 4 is 6.29 Å². The Morgan fingerprint density at radius 3 is 2.71 bits per heavy atom. The Kier molecular flexibility index (Phi) is 6.55. The highest BCUT2D eigenvalue weighted by Gasteiger charge is 2.28. The number of carbonyl (C=O) groups is 1. The van der Waals surface area contributed by atoms with Crippen LogP contribution in [-0.2, 0) is 17.6 Å². The third-order valence-corrected chi connectivity index (χ3v) is 6.28. The molecule has 0 amide bonds. The molecule has 2 atom stereocenters. The molecule has 1 heterocycles. The molecule has 2 aromatic carbocycles. The van der Waals surface area contributed by atoms with Crippen LogP contribution >= 0.6 is 0 Å².